The maximum absolute atomic E-state index is 12.7. The van der Waals surface area contributed by atoms with Gasteiger partial charge in [0.15, 0.2) is 0 Å². The number of carbonyl (C=O) groups excluding carboxylic acids is 2. The highest BCUT2D eigenvalue weighted by Gasteiger charge is 2.44. The number of likely N-dealkylation sites (N-methyl/N-ethyl adjacent to an activating group) is 1. The maximum atomic E-state index is 12.7. The summed E-state index contributed by atoms with van der Waals surface area (Å²) in [5, 5.41) is 1.92. The number of hydrogen-bond acceptors (Lipinski definition) is 4. The van der Waals surface area contributed by atoms with E-state index in [4.69, 9.17) is 4.74 Å². The summed E-state index contributed by atoms with van der Waals surface area (Å²) < 4.78 is 5.49. The van der Waals surface area contributed by atoms with E-state index in [-0.39, 0.29) is 17.4 Å². The zero-order valence-corrected chi connectivity index (χ0v) is 13.7. The molecule has 1 aromatic rings. The van der Waals surface area contributed by atoms with Crippen molar-refractivity contribution in [3.05, 3.63) is 22.4 Å². The Morgan fingerprint density at radius 2 is 2.18 bits per heavy atom. The highest BCUT2D eigenvalue weighted by Crippen LogP contribution is 2.32. The minimum Gasteiger partial charge on any atom is -0.381 e. The van der Waals surface area contributed by atoms with Crippen molar-refractivity contribution in [2.75, 3.05) is 32.8 Å². The average molecular weight is 322 g/mol. The van der Waals surface area contributed by atoms with Crippen LogP contribution in [0.4, 0.5) is 0 Å². The van der Waals surface area contributed by atoms with Crippen molar-refractivity contribution >= 4 is 23.2 Å². The molecule has 3 rings (SSSR count). The van der Waals surface area contributed by atoms with Gasteiger partial charge in [-0.3, -0.25) is 9.59 Å². The molecule has 2 aliphatic rings. The number of amides is 2. The van der Waals surface area contributed by atoms with Crippen LogP contribution in [0.2, 0.25) is 0 Å². The maximum Gasteiger partial charge on any atom is 0.264 e. The first-order valence-electron chi connectivity index (χ1n) is 7.87. The molecule has 0 bridgehead atoms. The number of carbonyl (C=O) groups is 2. The van der Waals surface area contributed by atoms with Gasteiger partial charge < -0.3 is 14.5 Å². The molecule has 0 unspecified atom stereocenters. The number of thiophene rings is 1. The molecule has 2 amide bonds. The quantitative estimate of drug-likeness (QED) is 0.837. The van der Waals surface area contributed by atoms with Crippen molar-refractivity contribution in [3.63, 3.8) is 0 Å². The normalized spacial score (nSPS) is 22.0. The van der Waals surface area contributed by atoms with E-state index in [9.17, 15) is 9.59 Å². The van der Waals surface area contributed by atoms with Crippen LogP contribution in [0.5, 0.6) is 0 Å². The Labute approximate surface area is 134 Å². The summed E-state index contributed by atoms with van der Waals surface area (Å²) >= 11 is 1.46. The minimum atomic E-state index is -0.256. The molecule has 0 radical (unpaired) electrons. The molecule has 1 aromatic heterocycles. The topological polar surface area (TPSA) is 49.9 Å². The summed E-state index contributed by atoms with van der Waals surface area (Å²) in [6.07, 6.45) is 2.02. The van der Waals surface area contributed by atoms with Crippen LogP contribution in [0.15, 0.2) is 17.5 Å². The second kappa shape index (κ2) is 6.38. The van der Waals surface area contributed by atoms with Gasteiger partial charge in [0.05, 0.1) is 10.4 Å². The van der Waals surface area contributed by atoms with Crippen molar-refractivity contribution in [2.45, 2.75) is 31.7 Å². The average Bonchev–Trinajstić information content (AvgIpc) is 3.02. The summed E-state index contributed by atoms with van der Waals surface area (Å²) in [6, 6.07) is 3.75. The lowest BCUT2D eigenvalue weighted by atomic mass is 9.87. The standard InChI is InChI=1S/C16H22N2O3S/c1-2-18-14(19)5-8-17(15(20)13-4-3-11-22-13)12-16(18)6-9-21-10-7-16/h3-4,11H,2,5-10,12H2,1H3. The Bertz CT molecular complexity index is 538. The Balaban J connectivity index is 1.88. The molecule has 0 saturated carbocycles. The molecule has 0 aromatic carbocycles. The van der Waals surface area contributed by atoms with Crippen LogP contribution in [-0.4, -0.2) is 60.0 Å². The predicted octanol–water partition coefficient (Wildman–Crippen LogP) is 1.99. The predicted molar refractivity (Wildman–Crippen MR) is 85.0 cm³/mol. The first-order valence-corrected chi connectivity index (χ1v) is 8.75. The SMILES string of the molecule is CCN1C(=O)CCN(C(=O)c2cccs2)CC12CCOCC2. The van der Waals surface area contributed by atoms with E-state index in [1.54, 1.807) is 0 Å². The Morgan fingerprint density at radius 3 is 2.82 bits per heavy atom. The monoisotopic (exact) mass is 322 g/mol. The molecule has 5 nitrogen and oxygen atoms in total. The fourth-order valence-electron chi connectivity index (χ4n) is 3.57. The van der Waals surface area contributed by atoms with Crippen LogP contribution < -0.4 is 0 Å². The Kier molecular flexibility index (Phi) is 4.49. The molecular formula is C16H22N2O3S. The van der Waals surface area contributed by atoms with E-state index in [1.165, 1.54) is 11.3 Å². The van der Waals surface area contributed by atoms with Gasteiger partial charge in [0.1, 0.15) is 0 Å². The fourth-order valence-corrected chi connectivity index (χ4v) is 4.26. The third-order valence-electron chi connectivity index (χ3n) is 4.71. The largest absolute Gasteiger partial charge is 0.381 e. The highest BCUT2D eigenvalue weighted by molar-refractivity contribution is 7.12. The van der Waals surface area contributed by atoms with E-state index >= 15 is 0 Å². The molecule has 0 N–H and O–H groups in total. The molecule has 1 spiro atoms. The molecule has 2 fully saturated rings. The number of rotatable bonds is 2. The van der Waals surface area contributed by atoms with Crippen molar-refractivity contribution in [3.8, 4) is 0 Å². The third-order valence-corrected chi connectivity index (χ3v) is 5.57. The summed E-state index contributed by atoms with van der Waals surface area (Å²) in [6.45, 7) is 5.16. The smallest absolute Gasteiger partial charge is 0.264 e. The number of ether oxygens (including phenoxy) is 1. The van der Waals surface area contributed by atoms with Crippen molar-refractivity contribution in [2.24, 2.45) is 0 Å². The molecule has 6 heteroatoms. The lowest BCUT2D eigenvalue weighted by Crippen LogP contribution is -2.58. The molecule has 2 saturated heterocycles. The van der Waals surface area contributed by atoms with Gasteiger partial charge in [0.25, 0.3) is 5.91 Å². The molecule has 0 aliphatic carbocycles. The molecular weight excluding hydrogens is 300 g/mol. The van der Waals surface area contributed by atoms with E-state index in [0.29, 0.717) is 39.3 Å². The van der Waals surface area contributed by atoms with Crippen molar-refractivity contribution in [1.82, 2.24) is 9.80 Å². The summed E-state index contributed by atoms with van der Waals surface area (Å²) in [7, 11) is 0. The second-order valence-corrected chi connectivity index (χ2v) is 6.88. The Morgan fingerprint density at radius 1 is 1.41 bits per heavy atom. The van der Waals surface area contributed by atoms with E-state index in [0.717, 1.165) is 17.7 Å². The van der Waals surface area contributed by atoms with Gasteiger partial charge >= 0.3 is 0 Å². The lowest BCUT2D eigenvalue weighted by molar-refractivity contribution is -0.139. The zero-order chi connectivity index (χ0) is 15.6. The lowest BCUT2D eigenvalue weighted by Gasteiger charge is -2.46. The molecule has 3 heterocycles. The first-order chi connectivity index (χ1) is 10.7. The molecule has 22 heavy (non-hydrogen) atoms. The van der Waals surface area contributed by atoms with Crippen LogP contribution in [-0.2, 0) is 9.53 Å². The van der Waals surface area contributed by atoms with Gasteiger partial charge in [-0.15, -0.1) is 11.3 Å². The van der Waals surface area contributed by atoms with Gasteiger partial charge in [-0.25, -0.2) is 0 Å². The van der Waals surface area contributed by atoms with Crippen molar-refractivity contribution in [1.29, 1.82) is 0 Å². The van der Waals surface area contributed by atoms with Crippen LogP contribution >= 0.6 is 11.3 Å². The van der Waals surface area contributed by atoms with Gasteiger partial charge in [-0.05, 0) is 31.2 Å². The van der Waals surface area contributed by atoms with Gasteiger partial charge in [0.2, 0.25) is 5.91 Å². The first kappa shape index (κ1) is 15.5. The summed E-state index contributed by atoms with van der Waals surface area (Å²) in [4.78, 5) is 29.8. The second-order valence-electron chi connectivity index (χ2n) is 5.93. The zero-order valence-electron chi connectivity index (χ0n) is 12.9. The van der Waals surface area contributed by atoms with Gasteiger partial charge in [-0.1, -0.05) is 6.07 Å². The van der Waals surface area contributed by atoms with Crippen molar-refractivity contribution < 1.29 is 14.3 Å². The Hall–Kier alpha value is -1.40. The number of hydrogen-bond donors (Lipinski definition) is 0. The van der Waals surface area contributed by atoms with Crippen LogP contribution in [0.1, 0.15) is 35.9 Å². The molecule has 120 valence electrons. The van der Waals surface area contributed by atoms with Gasteiger partial charge in [-0.2, -0.15) is 0 Å². The third kappa shape index (κ3) is 2.77. The van der Waals surface area contributed by atoms with E-state index in [1.807, 2.05) is 34.2 Å². The molecule has 2 aliphatic heterocycles. The summed E-state index contributed by atoms with van der Waals surface area (Å²) in [5.74, 6) is 0.206. The van der Waals surface area contributed by atoms with Gasteiger partial charge in [0, 0.05) is 39.3 Å². The summed E-state index contributed by atoms with van der Waals surface area (Å²) in [5.41, 5.74) is -0.256. The number of nitrogens with zero attached hydrogens (tertiary/aromatic N) is 2. The van der Waals surface area contributed by atoms with Crippen LogP contribution in [0.3, 0.4) is 0 Å². The molecule has 0 atom stereocenters. The van der Waals surface area contributed by atoms with Crippen LogP contribution in [0, 0.1) is 0 Å². The highest BCUT2D eigenvalue weighted by atomic mass is 32.1. The van der Waals surface area contributed by atoms with Crippen LogP contribution in [0.25, 0.3) is 0 Å². The fraction of sp³-hybridized carbons (Fsp3) is 0.625. The van der Waals surface area contributed by atoms with E-state index < -0.39 is 0 Å². The van der Waals surface area contributed by atoms with E-state index in [2.05, 4.69) is 0 Å². The minimum absolute atomic E-state index is 0.0478.